The summed E-state index contributed by atoms with van der Waals surface area (Å²) in [4.78, 5) is 24.7. The third-order valence-electron chi connectivity index (χ3n) is 4.27. The molecule has 7 heteroatoms. The fourth-order valence-electron chi connectivity index (χ4n) is 2.76. The Balaban J connectivity index is 1.52. The van der Waals surface area contributed by atoms with E-state index in [-0.39, 0.29) is 28.3 Å². The summed E-state index contributed by atoms with van der Waals surface area (Å²) < 4.78 is 29.2. The Morgan fingerprint density at radius 3 is 2.55 bits per heavy atom. The van der Waals surface area contributed by atoms with Gasteiger partial charge in [0.05, 0.1) is 10.4 Å². The van der Waals surface area contributed by atoms with E-state index < -0.39 is 11.4 Å². The van der Waals surface area contributed by atoms with E-state index in [0.29, 0.717) is 16.3 Å². The van der Waals surface area contributed by atoms with Crippen LogP contribution in [0.2, 0.25) is 5.02 Å². The molecule has 0 saturated heterocycles. The highest BCUT2D eigenvalue weighted by Crippen LogP contribution is 2.29. The molecular formula is C24H14ClFO5. The lowest BCUT2D eigenvalue weighted by Gasteiger charge is -2.07. The first-order valence-corrected chi connectivity index (χ1v) is 9.51. The molecule has 0 amide bonds. The van der Waals surface area contributed by atoms with Crippen molar-refractivity contribution >= 4 is 34.6 Å². The van der Waals surface area contributed by atoms with Gasteiger partial charge in [0.2, 0.25) is 11.2 Å². The van der Waals surface area contributed by atoms with Crippen LogP contribution in [0.25, 0.3) is 17.0 Å². The van der Waals surface area contributed by atoms with Crippen LogP contribution in [-0.4, -0.2) is 5.97 Å². The number of fused-ring (bicyclic) bond motifs is 1. The Labute approximate surface area is 180 Å². The van der Waals surface area contributed by atoms with Gasteiger partial charge in [-0.25, -0.2) is 9.18 Å². The second kappa shape index (κ2) is 8.85. The van der Waals surface area contributed by atoms with Gasteiger partial charge in [-0.1, -0.05) is 35.9 Å². The smallest absolute Gasteiger partial charge is 0.336 e. The SMILES string of the molecule is O=C(/C=C/c1ccc(F)cc1)Oc1ccc2c(=O)c(Oc3ccccc3Cl)coc2c1. The molecule has 5 nitrogen and oxygen atoms in total. The molecule has 0 spiro atoms. The van der Waals surface area contributed by atoms with Crippen molar-refractivity contribution in [2.75, 3.05) is 0 Å². The average Bonchev–Trinajstić information content (AvgIpc) is 2.77. The number of hydrogen-bond donors (Lipinski definition) is 0. The summed E-state index contributed by atoms with van der Waals surface area (Å²) in [6.45, 7) is 0. The maximum absolute atomic E-state index is 12.9. The fraction of sp³-hybridized carbons (Fsp3) is 0. The van der Waals surface area contributed by atoms with Crippen LogP contribution in [0, 0.1) is 5.82 Å². The van der Waals surface area contributed by atoms with Gasteiger partial charge in [-0.3, -0.25) is 4.79 Å². The number of carbonyl (C=O) groups is 1. The van der Waals surface area contributed by atoms with Crippen LogP contribution < -0.4 is 14.9 Å². The normalized spacial score (nSPS) is 11.0. The van der Waals surface area contributed by atoms with Crippen molar-refractivity contribution in [3.05, 3.63) is 106 Å². The molecule has 0 aliphatic carbocycles. The van der Waals surface area contributed by atoms with Crippen LogP contribution in [0.1, 0.15) is 5.56 Å². The summed E-state index contributed by atoms with van der Waals surface area (Å²) in [5, 5.41) is 0.615. The predicted molar refractivity (Wildman–Crippen MR) is 115 cm³/mol. The van der Waals surface area contributed by atoms with Crippen molar-refractivity contribution in [3.63, 3.8) is 0 Å². The van der Waals surface area contributed by atoms with Gasteiger partial charge in [-0.05, 0) is 48.0 Å². The molecule has 31 heavy (non-hydrogen) atoms. The van der Waals surface area contributed by atoms with Gasteiger partial charge in [0.1, 0.15) is 29.2 Å². The second-order valence-corrected chi connectivity index (χ2v) is 6.83. The van der Waals surface area contributed by atoms with Gasteiger partial charge in [-0.15, -0.1) is 0 Å². The number of carbonyl (C=O) groups excluding carboxylic acids is 1. The van der Waals surface area contributed by atoms with Gasteiger partial charge in [0, 0.05) is 12.1 Å². The summed E-state index contributed by atoms with van der Waals surface area (Å²) >= 11 is 6.06. The van der Waals surface area contributed by atoms with Crippen molar-refractivity contribution < 1.29 is 23.1 Å². The van der Waals surface area contributed by atoms with Crippen molar-refractivity contribution in [1.29, 1.82) is 0 Å². The molecule has 0 fully saturated rings. The largest absolute Gasteiger partial charge is 0.460 e. The van der Waals surface area contributed by atoms with E-state index in [1.807, 2.05) is 0 Å². The maximum atomic E-state index is 12.9. The van der Waals surface area contributed by atoms with Gasteiger partial charge in [-0.2, -0.15) is 0 Å². The zero-order valence-corrected chi connectivity index (χ0v) is 16.6. The van der Waals surface area contributed by atoms with Crippen LogP contribution in [0.5, 0.6) is 17.2 Å². The van der Waals surface area contributed by atoms with Crippen molar-refractivity contribution in [3.8, 4) is 17.2 Å². The molecule has 1 aromatic heterocycles. The minimum absolute atomic E-state index is 0.0208. The molecule has 3 aromatic carbocycles. The highest BCUT2D eigenvalue weighted by atomic mass is 35.5. The first-order valence-electron chi connectivity index (χ1n) is 9.13. The van der Waals surface area contributed by atoms with E-state index in [9.17, 15) is 14.0 Å². The zero-order chi connectivity index (χ0) is 21.8. The molecule has 0 bridgehead atoms. The summed E-state index contributed by atoms with van der Waals surface area (Å²) in [5.41, 5.74) is 0.480. The van der Waals surface area contributed by atoms with Crippen molar-refractivity contribution in [2.45, 2.75) is 0 Å². The highest BCUT2D eigenvalue weighted by Gasteiger charge is 2.12. The van der Waals surface area contributed by atoms with Gasteiger partial charge in [0.15, 0.2) is 0 Å². The Bertz CT molecular complexity index is 1340. The Morgan fingerprint density at radius 2 is 1.77 bits per heavy atom. The van der Waals surface area contributed by atoms with Crippen LogP contribution in [-0.2, 0) is 4.79 Å². The number of benzene rings is 3. The average molecular weight is 437 g/mol. The van der Waals surface area contributed by atoms with E-state index >= 15 is 0 Å². The van der Waals surface area contributed by atoms with E-state index in [1.54, 1.807) is 24.3 Å². The van der Waals surface area contributed by atoms with Crippen LogP contribution in [0.4, 0.5) is 4.39 Å². The van der Waals surface area contributed by atoms with E-state index in [1.165, 1.54) is 60.9 Å². The zero-order valence-electron chi connectivity index (χ0n) is 15.9. The number of para-hydroxylation sites is 1. The molecule has 0 unspecified atom stereocenters. The lowest BCUT2D eigenvalue weighted by molar-refractivity contribution is -0.128. The van der Waals surface area contributed by atoms with E-state index in [2.05, 4.69) is 0 Å². The topological polar surface area (TPSA) is 65.7 Å². The van der Waals surface area contributed by atoms with Crippen LogP contribution in [0.15, 0.2) is 88.3 Å². The number of rotatable bonds is 5. The van der Waals surface area contributed by atoms with Crippen LogP contribution >= 0.6 is 11.6 Å². The Morgan fingerprint density at radius 1 is 1.00 bits per heavy atom. The molecule has 154 valence electrons. The standard InChI is InChI=1S/C24H14ClFO5/c25-19-3-1-2-4-20(19)31-22-14-29-21-13-17(10-11-18(21)24(22)28)30-23(27)12-7-15-5-8-16(26)9-6-15/h1-14H/b12-7+. The molecule has 0 atom stereocenters. The molecule has 4 aromatic rings. The highest BCUT2D eigenvalue weighted by molar-refractivity contribution is 6.32. The van der Waals surface area contributed by atoms with Gasteiger partial charge < -0.3 is 13.9 Å². The molecule has 0 aliphatic rings. The third kappa shape index (κ3) is 4.82. The number of hydrogen-bond acceptors (Lipinski definition) is 5. The summed E-state index contributed by atoms with van der Waals surface area (Å²) in [6.07, 6.45) is 3.89. The maximum Gasteiger partial charge on any atom is 0.336 e. The molecular weight excluding hydrogens is 423 g/mol. The molecule has 0 N–H and O–H groups in total. The monoisotopic (exact) mass is 436 g/mol. The van der Waals surface area contributed by atoms with Crippen molar-refractivity contribution in [2.24, 2.45) is 0 Å². The second-order valence-electron chi connectivity index (χ2n) is 6.43. The lowest BCUT2D eigenvalue weighted by atomic mass is 10.2. The lowest BCUT2D eigenvalue weighted by Crippen LogP contribution is -2.06. The number of halogens is 2. The quantitative estimate of drug-likeness (QED) is 0.218. The van der Waals surface area contributed by atoms with E-state index in [0.717, 1.165) is 0 Å². The number of esters is 1. The molecule has 0 aliphatic heterocycles. The summed E-state index contributed by atoms with van der Waals surface area (Å²) in [5.74, 6) is -0.492. The third-order valence-corrected chi connectivity index (χ3v) is 4.58. The molecule has 0 saturated carbocycles. The van der Waals surface area contributed by atoms with E-state index in [4.69, 9.17) is 25.5 Å². The number of ether oxygens (including phenoxy) is 2. The fourth-order valence-corrected chi connectivity index (χ4v) is 2.93. The minimum Gasteiger partial charge on any atom is -0.460 e. The Kier molecular flexibility index (Phi) is 5.82. The summed E-state index contributed by atoms with van der Waals surface area (Å²) in [6, 6.07) is 16.8. The predicted octanol–water partition coefficient (Wildman–Crippen LogP) is 6.00. The van der Waals surface area contributed by atoms with Crippen LogP contribution in [0.3, 0.4) is 0 Å². The first-order chi connectivity index (χ1) is 15.0. The molecule has 4 rings (SSSR count). The van der Waals surface area contributed by atoms with Gasteiger partial charge >= 0.3 is 5.97 Å². The Hall–Kier alpha value is -3.90. The summed E-state index contributed by atoms with van der Waals surface area (Å²) in [7, 11) is 0. The van der Waals surface area contributed by atoms with Crippen molar-refractivity contribution in [1.82, 2.24) is 0 Å². The molecule has 1 heterocycles. The molecule has 0 radical (unpaired) electrons. The van der Waals surface area contributed by atoms with Gasteiger partial charge in [0.25, 0.3) is 0 Å². The first kappa shape index (κ1) is 20.4. The minimum atomic E-state index is -0.635.